The summed E-state index contributed by atoms with van der Waals surface area (Å²) in [4.78, 5) is 4.25. The molecule has 0 aliphatic heterocycles. The summed E-state index contributed by atoms with van der Waals surface area (Å²) in [6, 6.07) is 10.7. The number of benzene rings is 1. The Morgan fingerprint density at radius 3 is 2.86 bits per heavy atom. The van der Waals surface area contributed by atoms with Crippen LogP contribution in [0.15, 0.2) is 55.0 Å². The third-order valence-electron chi connectivity index (χ3n) is 3.49. The van der Waals surface area contributed by atoms with E-state index in [1.54, 1.807) is 23.0 Å². The average Bonchev–Trinajstić information content (AvgIpc) is 2.95. The zero-order valence-electron chi connectivity index (χ0n) is 10.8. The molecular weight excluding hydrogens is 289 g/mol. The number of hydrogen-bond donors (Lipinski definition) is 0. The Morgan fingerprint density at radius 1 is 1.05 bits per heavy atom. The fourth-order valence-electron chi connectivity index (χ4n) is 2.48. The van der Waals surface area contributed by atoms with Crippen molar-refractivity contribution in [2.45, 2.75) is 0 Å². The van der Waals surface area contributed by atoms with Crippen molar-refractivity contribution >= 4 is 28.0 Å². The first kappa shape index (κ1) is 12.3. The van der Waals surface area contributed by atoms with Crippen molar-refractivity contribution in [2.75, 3.05) is 0 Å². The molecule has 0 atom stereocenters. The van der Waals surface area contributed by atoms with E-state index in [-0.39, 0.29) is 5.02 Å². The van der Waals surface area contributed by atoms with E-state index in [1.807, 2.05) is 30.5 Å². The molecule has 0 N–H and O–H groups in total. The summed E-state index contributed by atoms with van der Waals surface area (Å²) in [6.07, 6.45) is 5.32. The van der Waals surface area contributed by atoms with Gasteiger partial charge in [-0.05, 0) is 47.5 Å². The summed E-state index contributed by atoms with van der Waals surface area (Å²) in [6.45, 7) is 0. The smallest absolute Gasteiger partial charge is 0.142 e. The van der Waals surface area contributed by atoms with Crippen molar-refractivity contribution in [3.05, 3.63) is 65.8 Å². The molecule has 5 heteroatoms. The minimum absolute atomic E-state index is 0.0818. The lowest BCUT2D eigenvalue weighted by molar-refractivity contribution is 0.630. The topological polar surface area (TPSA) is 30.2 Å². The number of aromatic nitrogens is 3. The third-order valence-corrected chi connectivity index (χ3v) is 3.78. The molecule has 0 aliphatic carbocycles. The zero-order valence-corrected chi connectivity index (χ0v) is 11.5. The highest BCUT2D eigenvalue weighted by atomic mass is 35.5. The Kier molecular flexibility index (Phi) is 2.65. The zero-order chi connectivity index (χ0) is 14.4. The number of fused-ring (bicyclic) bond motifs is 2. The van der Waals surface area contributed by atoms with Crippen molar-refractivity contribution in [2.24, 2.45) is 0 Å². The van der Waals surface area contributed by atoms with E-state index < -0.39 is 5.82 Å². The molecule has 3 heterocycles. The second-order valence-corrected chi connectivity index (χ2v) is 5.17. The van der Waals surface area contributed by atoms with Gasteiger partial charge in [0.15, 0.2) is 0 Å². The Labute approximate surface area is 124 Å². The Bertz CT molecular complexity index is 978. The largest absolute Gasteiger partial charge is 0.256 e. The van der Waals surface area contributed by atoms with Gasteiger partial charge in [0.25, 0.3) is 0 Å². The number of nitrogens with zero attached hydrogens (tertiary/aromatic N) is 3. The molecule has 3 nitrogen and oxygen atoms in total. The molecule has 0 fully saturated rings. The second-order valence-electron chi connectivity index (χ2n) is 4.76. The summed E-state index contributed by atoms with van der Waals surface area (Å²) in [5.41, 5.74) is 3.55. The maximum Gasteiger partial charge on any atom is 0.142 e. The molecule has 102 valence electrons. The molecule has 0 radical (unpaired) electrons. The van der Waals surface area contributed by atoms with E-state index in [0.717, 1.165) is 22.0 Å². The van der Waals surface area contributed by atoms with Crippen molar-refractivity contribution in [3.63, 3.8) is 0 Å². The Balaban J connectivity index is 2.02. The molecule has 21 heavy (non-hydrogen) atoms. The van der Waals surface area contributed by atoms with E-state index in [9.17, 15) is 4.39 Å². The van der Waals surface area contributed by atoms with E-state index >= 15 is 0 Å². The molecule has 0 bridgehead atoms. The van der Waals surface area contributed by atoms with Crippen molar-refractivity contribution in [1.29, 1.82) is 0 Å². The van der Waals surface area contributed by atoms with Crippen LogP contribution >= 0.6 is 11.6 Å². The Morgan fingerprint density at radius 2 is 1.95 bits per heavy atom. The normalized spacial score (nSPS) is 11.3. The molecule has 0 unspecified atom stereocenters. The molecule has 4 rings (SSSR count). The highest BCUT2D eigenvalue weighted by Gasteiger charge is 2.09. The van der Waals surface area contributed by atoms with Crippen molar-refractivity contribution in [1.82, 2.24) is 14.6 Å². The van der Waals surface area contributed by atoms with E-state index in [4.69, 9.17) is 11.6 Å². The predicted octanol–water partition coefficient (Wildman–Crippen LogP) is 4.34. The van der Waals surface area contributed by atoms with Gasteiger partial charge in [-0.1, -0.05) is 11.6 Å². The molecule has 0 aliphatic rings. The van der Waals surface area contributed by atoms with Crippen LogP contribution in [0.4, 0.5) is 4.39 Å². The summed E-state index contributed by atoms with van der Waals surface area (Å²) in [5, 5.41) is 4.99. The van der Waals surface area contributed by atoms with Crippen LogP contribution in [0.1, 0.15) is 0 Å². The lowest BCUT2D eigenvalue weighted by Gasteiger charge is -2.08. The van der Waals surface area contributed by atoms with Gasteiger partial charge in [0.05, 0.1) is 16.1 Å². The minimum Gasteiger partial charge on any atom is -0.256 e. The van der Waals surface area contributed by atoms with Gasteiger partial charge in [0, 0.05) is 24.0 Å². The van der Waals surface area contributed by atoms with E-state index in [0.29, 0.717) is 5.52 Å². The molecule has 0 spiro atoms. The van der Waals surface area contributed by atoms with Crippen LogP contribution in [-0.4, -0.2) is 14.6 Å². The maximum absolute atomic E-state index is 13.8. The summed E-state index contributed by atoms with van der Waals surface area (Å²) in [5.74, 6) is -0.441. The second kappa shape index (κ2) is 4.53. The maximum atomic E-state index is 13.8. The number of hydrogen-bond acceptors (Lipinski definition) is 2. The lowest BCUT2D eigenvalue weighted by atomic mass is 10.0. The molecule has 1 aromatic carbocycles. The first-order valence-electron chi connectivity index (χ1n) is 6.40. The highest BCUT2D eigenvalue weighted by molar-refractivity contribution is 6.31. The fourth-order valence-corrected chi connectivity index (χ4v) is 2.64. The van der Waals surface area contributed by atoms with Crippen LogP contribution in [0.25, 0.3) is 27.5 Å². The number of rotatable bonds is 1. The molecular formula is C16H9ClFN3. The van der Waals surface area contributed by atoms with Gasteiger partial charge in [-0.25, -0.2) is 8.91 Å². The third kappa shape index (κ3) is 1.96. The van der Waals surface area contributed by atoms with Gasteiger partial charge in [0.2, 0.25) is 0 Å². The van der Waals surface area contributed by atoms with Gasteiger partial charge in [-0.2, -0.15) is 5.10 Å². The molecule has 3 aromatic heterocycles. The molecule has 0 saturated carbocycles. The Hall–Kier alpha value is -2.46. The quantitative estimate of drug-likeness (QED) is 0.523. The summed E-state index contributed by atoms with van der Waals surface area (Å²) < 4.78 is 15.6. The number of pyridine rings is 2. The predicted molar refractivity (Wildman–Crippen MR) is 80.9 cm³/mol. The van der Waals surface area contributed by atoms with Crippen LogP contribution in [-0.2, 0) is 0 Å². The first-order chi connectivity index (χ1) is 10.2. The SMILES string of the molecule is Fc1cc2c(-c3ccn4nccc4c3)ccnc2cc1Cl. The minimum atomic E-state index is -0.441. The molecule has 4 aromatic rings. The summed E-state index contributed by atoms with van der Waals surface area (Å²) >= 11 is 5.82. The first-order valence-corrected chi connectivity index (χ1v) is 6.78. The average molecular weight is 298 g/mol. The van der Waals surface area contributed by atoms with Crippen LogP contribution in [0.5, 0.6) is 0 Å². The van der Waals surface area contributed by atoms with Gasteiger partial charge in [-0.3, -0.25) is 4.98 Å². The van der Waals surface area contributed by atoms with Gasteiger partial charge < -0.3 is 0 Å². The van der Waals surface area contributed by atoms with Crippen molar-refractivity contribution < 1.29 is 4.39 Å². The standard InChI is InChI=1S/C16H9ClFN3/c17-14-9-16-13(8-15(14)18)12(2-4-19-16)10-3-6-21-11(7-10)1-5-20-21/h1-9H. The van der Waals surface area contributed by atoms with Gasteiger partial charge in [0.1, 0.15) is 5.82 Å². The van der Waals surface area contributed by atoms with E-state index in [2.05, 4.69) is 10.1 Å². The van der Waals surface area contributed by atoms with Crippen LogP contribution in [0.3, 0.4) is 0 Å². The number of halogens is 2. The van der Waals surface area contributed by atoms with Gasteiger partial charge >= 0.3 is 0 Å². The fraction of sp³-hybridized carbons (Fsp3) is 0. The molecule has 0 saturated heterocycles. The molecule has 0 amide bonds. The summed E-state index contributed by atoms with van der Waals surface area (Å²) in [7, 11) is 0. The van der Waals surface area contributed by atoms with Crippen LogP contribution < -0.4 is 0 Å². The van der Waals surface area contributed by atoms with Crippen molar-refractivity contribution in [3.8, 4) is 11.1 Å². The van der Waals surface area contributed by atoms with Crippen LogP contribution in [0, 0.1) is 5.82 Å². The van der Waals surface area contributed by atoms with Gasteiger partial charge in [-0.15, -0.1) is 0 Å². The highest BCUT2D eigenvalue weighted by Crippen LogP contribution is 2.31. The van der Waals surface area contributed by atoms with E-state index in [1.165, 1.54) is 6.07 Å². The lowest BCUT2D eigenvalue weighted by Crippen LogP contribution is -1.89. The van der Waals surface area contributed by atoms with Crippen LogP contribution in [0.2, 0.25) is 5.02 Å². The monoisotopic (exact) mass is 297 g/mol.